The summed E-state index contributed by atoms with van der Waals surface area (Å²) >= 11 is 1.30. The van der Waals surface area contributed by atoms with Gasteiger partial charge >= 0.3 is 5.97 Å². The fraction of sp³-hybridized carbons (Fsp3) is 0.400. The van der Waals surface area contributed by atoms with Crippen molar-refractivity contribution >= 4 is 22.4 Å². The van der Waals surface area contributed by atoms with E-state index in [1.807, 2.05) is 0 Å². The first-order valence-corrected chi connectivity index (χ1v) is 5.48. The predicted molar refractivity (Wildman–Crippen MR) is 60.2 cm³/mol. The minimum atomic E-state index is -0.994. The number of carboxylic acids is 1. The van der Waals surface area contributed by atoms with Crippen molar-refractivity contribution in [2.45, 2.75) is 19.3 Å². The van der Waals surface area contributed by atoms with Crippen molar-refractivity contribution < 1.29 is 9.90 Å². The third-order valence-corrected chi connectivity index (χ3v) is 2.55. The highest BCUT2D eigenvalue weighted by Crippen LogP contribution is 2.15. The molecule has 0 unspecified atom stereocenters. The number of terminal acetylenes is 1. The molecule has 0 atom stereocenters. The number of thiazole rings is 1. The standard InChI is InChI=1S/C10H12N2O2S/c1-2-3-4-5-6-11-10-12-8(7-15-10)9(13)14/h1,7H,3-6H2,(H,11,12)(H,13,14). The Morgan fingerprint density at radius 3 is 3.07 bits per heavy atom. The Morgan fingerprint density at radius 2 is 2.47 bits per heavy atom. The number of nitrogens with one attached hydrogen (secondary N) is 1. The van der Waals surface area contributed by atoms with Crippen LogP contribution in [0.1, 0.15) is 29.8 Å². The number of aromatic nitrogens is 1. The van der Waals surface area contributed by atoms with E-state index in [0.29, 0.717) is 5.13 Å². The van der Waals surface area contributed by atoms with Gasteiger partial charge in [-0.15, -0.1) is 23.7 Å². The summed E-state index contributed by atoms with van der Waals surface area (Å²) < 4.78 is 0. The number of unbranched alkanes of at least 4 members (excludes halogenated alkanes) is 2. The van der Waals surface area contributed by atoms with Crippen LogP contribution in [0.25, 0.3) is 0 Å². The molecule has 2 N–H and O–H groups in total. The molecule has 1 heterocycles. The molecule has 0 radical (unpaired) electrons. The Kier molecular flexibility index (Phi) is 4.64. The van der Waals surface area contributed by atoms with Crippen LogP contribution in [0.2, 0.25) is 0 Å². The summed E-state index contributed by atoms with van der Waals surface area (Å²) in [5, 5.41) is 13.9. The van der Waals surface area contributed by atoms with Crippen LogP contribution in [0.5, 0.6) is 0 Å². The van der Waals surface area contributed by atoms with Crippen molar-refractivity contribution in [2.75, 3.05) is 11.9 Å². The van der Waals surface area contributed by atoms with E-state index < -0.39 is 5.97 Å². The van der Waals surface area contributed by atoms with E-state index in [1.165, 1.54) is 16.7 Å². The average Bonchev–Trinajstić information content (AvgIpc) is 2.66. The molecule has 1 rings (SSSR count). The highest BCUT2D eigenvalue weighted by Gasteiger charge is 2.07. The lowest BCUT2D eigenvalue weighted by Crippen LogP contribution is -2.02. The number of hydrogen-bond donors (Lipinski definition) is 2. The van der Waals surface area contributed by atoms with Gasteiger partial charge in [0.2, 0.25) is 0 Å². The molecule has 5 heteroatoms. The molecule has 80 valence electrons. The Bertz CT molecular complexity index is 368. The highest BCUT2D eigenvalue weighted by molar-refractivity contribution is 7.13. The topological polar surface area (TPSA) is 62.2 Å². The Morgan fingerprint density at radius 1 is 1.67 bits per heavy atom. The number of nitrogens with zero attached hydrogens (tertiary/aromatic N) is 1. The second kappa shape index (κ2) is 6.04. The third kappa shape index (κ3) is 4.00. The summed E-state index contributed by atoms with van der Waals surface area (Å²) in [6.07, 6.45) is 7.83. The van der Waals surface area contributed by atoms with Gasteiger partial charge in [-0.1, -0.05) is 0 Å². The van der Waals surface area contributed by atoms with Crippen LogP contribution in [0.3, 0.4) is 0 Å². The van der Waals surface area contributed by atoms with Crippen molar-refractivity contribution in [1.82, 2.24) is 4.98 Å². The van der Waals surface area contributed by atoms with Crippen LogP contribution in [-0.4, -0.2) is 22.6 Å². The maximum Gasteiger partial charge on any atom is 0.355 e. The number of carbonyl (C=O) groups is 1. The van der Waals surface area contributed by atoms with E-state index in [-0.39, 0.29) is 5.69 Å². The lowest BCUT2D eigenvalue weighted by Gasteiger charge is -1.99. The van der Waals surface area contributed by atoms with E-state index in [1.54, 1.807) is 0 Å². The van der Waals surface area contributed by atoms with Gasteiger partial charge in [0.1, 0.15) is 0 Å². The van der Waals surface area contributed by atoms with Crippen LogP contribution >= 0.6 is 11.3 Å². The van der Waals surface area contributed by atoms with Gasteiger partial charge < -0.3 is 10.4 Å². The van der Waals surface area contributed by atoms with E-state index in [4.69, 9.17) is 11.5 Å². The molecule has 0 saturated heterocycles. The maximum atomic E-state index is 10.5. The molecule has 0 aliphatic carbocycles. The smallest absolute Gasteiger partial charge is 0.355 e. The molecular formula is C10H12N2O2S. The number of carboxylic acid groups (broad SMARTS) is 1. The molecule has 0 amide bonds. The van der Waals surface area contributed by atoms with Crippen molar-refractivity contribution in [3.05, 3.63) is 11.1 Å². The molecule has 0 saturated carbocycles. The summed E-state index contributed by atoms with van der Waals surface area (Å²) in [6, 6.07) is 0. The molecular weight excluding hydrogens is 212 g/mol. The fourth-order valence-electron chi connectivity index (χ4n) is 1.00. The molecule has 4 nitrogen and oxygen atoms in total. The van der Waals surface area contributed by atoms with Crippen LogP contribution < -0.4 is 5.32 Å². The molecule has 1 aromatic heterocycles. The van der Waals surface area contributed by atoms with Crippen LogP contribution in [0.4, 0.5) is 5.13 Å². The summed E-state index contributed by atoms with van der Waals surface area (Å²) in [4.78, 5) is 14.4. The van der Waals surface area contributed by atoms with Crippen molar-refractivity contribution in [1.29, 1.82) is 0 Å². The first-order chi connectivity index (χ1) is 7.24. The minimum absolute atomic E-state index is 0.0890. The first kappa shape index (κ1) is 11.5. The second-order valence-corrected chi connectivity index (χ2v) is 3.79. The molecule has 0 fully saturated rings. The summed E-state index contributed by atoms with van der Waals surface area (Å²) in [5.41, 5.74) is 0.0890. The SMILES string of the molecule is C#CCCCCNc1nc(C(=O)O)cs1. The van der Waals surface area contributed by atoms with Crippen molar-refractivity contribution in [2.24, 2.45) is 0 Å². The third-order valence-electron chi connectivity index (χ3n) is 1.75. The Balaban J connectivity index is 2.26. The predicted octanol–water partition coefficient (Wildman–Crippen LogP) is 2.06. The zero-order valence-corrected chi connectivity index (χ0v) is 9.01. The van der Waals surface area contributed by atoms with Crippen molar-refractivity contribution in [3.8, 4) is 12.3 Å². The molecule has 0 aromatic carbocycles. The van der Waals surface area contributed by atoms with Gasteiger partial charge in [0.15, 0.2) is 10.8 Å². The number of anilines is 1. The molecule has 15 heavy (non-hydrogen) atoms. The normalized spacial score (nSPS) is 9.53. The average molecular weight is 224 g/mol. The van der Waals surface area contributed by atoms with Gasteiger partial charge in [-0.05, 0) is 12.8 Å². The Labute approximate surface area is 92.4 Å². The molecule has 1 aromatic rings. The quantitative estimate of drug-likeness (QED) is 0.573. The van der Waals surface area contributed by atoms with Gasteiger partial charge in [-0.25, -0.2) is 9.78 Å². The summed E-state index contributed by atoms with van der Waals surface area (Å²) in [5.74, 6) is 1.57. The van der Waals surface area contributed by atoms with Crippen LogP contribution in [0.15, 0.2) is 5.38 Å². The van der Waals surface area contributed by atoms with E-state index >= 15 is 0 Å². The van der Waals surface area contributed by atoms with Crippen LogP contribution in [0, 0.1) is 12.3 Å². The molecule has 0 bridgehead atoms. The largest absolute Gasteiger partial charge is 0.476 e. The minimum Gasteiger partial charge on any atom is -0.476 e. The van der Waals surface area contributed by atoms with E-state index in [9.17, 15) is 4.79 Å². The van der Waals surface area contributed by atoms with E-state index in [0.717, 1.165) is 25.8 Å². The molecule has 0 aliphatic heterocycles. The zero-order chi connectivity index (χ0) is 11.1. The number of rotatable bonds is 6. The molecule has 0 spiro atoms. The summed E-state index contributed by atoms with van der Waals surface area (Å²) in [7, 11) is 0. The van der Waals surface area contributed by atoms with Gasteiger partial charge in [0.25, 0.3) is 0 Å². The van der Waals surface area contributed by atoms with Gasteiger partial charge in [0, 0.05) is 18.3 Å². The van der Waals surface area contributed by atoms with Crippen LogP contribution in [-0.2, 0) is 0 Å². The van der Waals surface area contributed by atoms with Gasteiger partial charge in [-0.3, -0.25) is 0 Å². The monoisotopic (exact) mass is 224 g/mol. The lowest BCUT2D eigenvalue weighted by molar-refractivity contribution is 0.0691. The Hall–Kier alpha value is -1.54. The van der Waals surface area contributed by atoms with Crippen molar-refractivity contribution in [3.63, 3.8) is 0 Å². The zero-order valence-electron chi connectivity index (χ0n) is 8.19. The van der Waals surface area contributed by atoms with E-state index in [2.05, 4.69) is 16.2 Å². The number of aromatic carboxylic acids is 1. The summed E-state index contributed by atoms with van der Waals surface area (Å²) in [6.45, 7) is 0.772. The lowest BCUT2D eigenvalue weighted by atomic mass is 10.2. The highest BCUT2D eigenvalue weighted by atomic mass is 32.1. The number of hydrogen-bond acceptors (Lipinski definition) is 4. The molecule has 0 aliphatic rings. The maximum absolute atomic E-state index is 10.5. The van der Waals surface area contributed by atoms with Gasteiger partial charge in [0.05, 0.1) is 0 Å². The fourth-order valence-corrected chi connectivity index (χ4v) is 1.71. The van der Waals surface area contributed by atoms with Gasteiger partial charge in [-0.2, -0.15) is 0 Å². The first-order valence-electron chi connectivity index (χ1n) is 4.60. The second-order valence-electron chi connectivity index (χ2n) is 2.93.